The molecule has 3 aromatic rings. The molecule has 3 rings (SSSR count). The van der Waals surface area contributed by atoms with Crippen LogP contribution in [0.15, 0.2) is 53.3 Å². The molecule has 0 saturated heterocycles. The largest absolute Gasteiger partial charge is 0.464 e. The fourth-order valence-electron chi connectivity index (χ4n) is 2.58. The Labute approximate surface area is 161 Å². The summed E-state index contributed by atoms with van der Waals surface area (Å²) in [5.74, 6) is -0.692. The third-order valence-corrected chi connectivity index (χ3v) is 3.96. The Hall–Kier alpha value is -3.82. The zero-order valence-electron chi connectivity index (χ0n) is 14.9. The van der Waals surface area contributed by atoms with Crippen molar-refractivity contribution in [1.82, 2.24) is 4.98 Å². The standard InChI is InChI=1S/C19H14F3N3O4/c1-29-17(27)15-9-16(26)13-8-12(6-7-14(13)25-15)24-18(28)23-11-4-2-10(3-5-11)19(20,21)22/h2-9H,1H3,(H,25,26)(H2,23,24,28). The topological polar surface area (TPSA) is 100 Å². The van der Waals surface area contributed by atoms with Crippen molar-refractivity contribution in [2.45, 2.75) is 6.18 Å². The number of amides is 2. The number of aromatic nitrogens is 1. The number of carbonyl (C=O) groups is 2. The maximum atomic E-state index is 12.6. The van der Waals surface area contributed by atoms with E-state index in [9.17, 15) is 27.6 Å². The maximum Gasteiger partial charge on any atom is 0.416 e. The summed E-state index contributed by atoms with van der Waals surface area (Å²) in [6.45, 7) is 0. The van der Waals surface area contributed by atoms with E-state index in [1.54, 1.807) is 0 Å². The fraction of sp³-hybridized carbons (Fsp3) is 0.105. The van der Waals surface area contributed by atoms with E-state index in [0.29, 0.717) is 5.52 Å². The Kier molecular flexibility index (Phi) is 5.26. The highest BCUT2D eigenvalue weighted by molar-refractivity contribution is 6.01. The lowest BCUT2D eigenvalue weighted by Crippen LogP contribution is -2.20. The molecule has 7 nitrogen and oxygen atoms in total. The van der Waals surface area contributed by atoms with Gasteiger partial charge in [-0.15, -0.1) is 0 Å². The third-order valence-electron chi connectivity index (χ3n) is 3.96. The number of halogens is 3. The van der Waals surface area contributed by atoms with Crippen LogP contribution in [-0.4, -0.2) is 24.1 Å². The van der Waals surface area contributed by atoms with E-state index in [-0.39, 0.29) is 22.5 Å². The summed E-state index contributed by atoms with van der Waals surface area (Å²) in [5.41, 5.74) is -0.484. The van der Waals surface area contributed by atoms with Gasteiger partial charge in [0.1, 0.15) is 5.69 Å². The van der Waals surface area contributed by atoms with Gasteiger partial charge in [0.15, 0.2) is 5.43 Å². The first-order chi connectivity index (χ1) is 13.7. The molecule has 0 aliphatic rings. The smallest absolute Gasteiger partial charge is 0.416 e. The Balaban J connectivity index is 1.76. The van der Waals surface area contributed by atoms with Crippen molar-refractivity contribution in [3.63, 3.8) is 0 Å². The Morgan fingerprint density at radius 1 is 0.966 bits per heavy atom. The van der Waals surface area contributed by atoms with Crippen LogP contribution in [0, 0.1) is 0 Å². The summed E-state index contributed by atoms with van der Waals surface area (Å²) < 4.78 is 42.3. The number of methoxy groups -OCH3 is 1. The number of alkyl halides is 3. The van der Waals surface area contributed by atoms with Crippen LogP contribution in [0.5, 0.6) is 0 Å². The van der Waals surface area contributed by atoms with Crippen molar-refractivity contribution in [1.29, 1.82) is 0 Å². The minimum absolute atomic E-state index is 0.00856. The van der Waals surface area contributed by atoms with Gasteiger partial charge in [0.05, 0.1) is 18.2 Å². The van der Waals surface area contributed by atoms with Gasteiger partial charge in [0.2, 0.25) is 0 Å². The van der Waals surface area contributed by atoms with Gasteiger partial charge in [-0.2, -0.15) is 13.2 Å². The summed E-state index contributed by atoms with van der Waals surface area (Å²) in [5, 5.41) is 5.11. The van der Waals surface area contributed by atoms with Crippen molar-refractivity contribution < 1.29 is 27.5 Å². The van der Waals surface area contributed by atoms with Gasteiger partial charge in [-0.1, -0.05) is 0 Å². The molecule has 2 amide bonds. The van der Waals surface area contributed by atoms with Crippen LogP contribution in [-0.2, 0) is 10.9 Å². The van der Waals surface area contributed by atoms with Gasteiger partial charge in [0.25, 0.3) is 0 Å². The van der Waals surface area contributed by atoms with E-state index < -0.39 is 29.2 Å². The molecule has 0 saturated carbocycles. The second-order valence-corrected chi connectivity index (χ2v) is 5.95. The molecule has 10 heteroatoms. The Bertz CT molecular complexity index is 1140. The van der Waals surface area contributed by atoms with Crippen molar-refractivity contribution in [3.8, 4) is 0 Å². The number of fused-ring (bicyclic) bond motifs is 1. The zero-order chi connectivity index (χ0) is 21.2. The van der Waals surface area contributed by atoms with Crippen LogP contribution in [0.4, 0.5) is 29.3 Å². The van der Waals surface area contributed by atoms with Gasteiger partial charge in [-0.25, -0.2) is 9.59 Å². The molecule has 150 valence electrons. The molecule has 0 spiro atoms. The third kappa shape index (κ3) is 4.54. The SMILES string of the molecule is COC(=O)c1cc(=O)c2cc(NC(=O)Nc3ccc(C(F)(F)F)cc3)ccc2[nH]1. The number of pyridine rings is 1. The molecule has 0 unspecified atom stereocenters. The number of benzene rings is 2. The van der Waals surface area contributed by atoms with Gasteiger partial charge >= 0.3 is 18.2 Å². The summed E-state index contributed by atoms with van der Waals surface area (Å²) in [7, 11) is 1.19. The number of nitrogens with one attached hydrogen (secondary N) is 3. The number of anilines is 2. The summed E-state index contributed by atoms with van der Waals surface area (Å²) in [6, 6.07) is 8.73. The molecule has 29 heavy (non-hydrogen) atoms. The second-order valence-electron chi connectivity index (χ2n) is 5.95. The van der Waals surface area contributed by atoms with E-state index in [0.717, 1.165) is 30.3 Å². The number of aromatic amines is 1. The molecule has 0 fully saturated rings. The molecule has 1 heterocycles. The van der Waals surface area contributed by atoms with Crippen LogP contribution < -0.4 is 16.1 Å². The molecular weight excluding hydrogens is 391 g/mol. The van der Waals surface area contributed by atoms with Crippen LogP contribution in [0.3, 0.4) is 0 Å². The van der Waals surface area contributed by atoms with E-state index in [4.69, 9.17) is 0 Å². The summed E-state index contributed by atoms with van der Waals surface area (Å²) in [4.78, 5) is 38.6. The number of esters is 1. The maximum absolute atomic E-state index is 12.6. The highest BCUT2D eigenvalue weighted by Crippen LogP contribution is 2.29. The average Bonchev–Trinajstić information content (AvgIpc) is 2.67. The van der Waals surface area contributed by atoms with Crippen molar-refractivity contribution in [3.05, 3.63) is 70.0 Å². The molecular formula is C19H14F3N3O4. The number of hydrogen-bond acceptors (Lipinski definition) is 4. The van der Waals surface area contributed by atoms with Gasteiger partial charge in [-0.3, -0.25) is 4.79 Å². The average molecular weight is 405 g/mol. The molecule has 1 aromatic heterocycles. The first-order valence-corrected chi connectivity index (χ1v) is 8.18. The predicted molar refractivity (Wildman–Crippen MR) is 100.0 cm³/mol. The zero-order valence-corrected chi connectivity index (χ0v) is 14.9. The minimum atomic E-state index is -4.47. The van der Waals surface area contributed by atoms with Crippen LogP contribution in [0.2, 0.25) is 0 Å². The Morgan fingerprint density at radius 3 is 2.21 bits per heavy atom. The highest BCUT2D eigenvalue weighted by atomic mass is 19.4. The minimum Gasteiger partial charge on any atom is -0.464 e. The highest BCUT2D eigenvalue weighted by Gasteiger charge is 2.30. The van der Waals surface area contributed by atoms with Crippen LogP contribution >= 0.6 is 0 Å². The van der Waals surface area contributed by atoms with Gasteiger partial charge < -0.3 is 20.4 Å². The molecule has 2 aromatic carbocycles. The number of rotatable bonds is 3. The van der Waals surface area contributed by atoms with E-state index in [1.807, 2.05) is 0 Å². The Morgan fingerprint density at radius 2 is 1.59 bits per heavy atom. The van der Waals surface area contributed by atoms with Crippen molar-refractivity contribution in [2.24, 2.45) is 0 Å². The second kappa shape index (κ2) is 7.66. The monoisotopic (exact) mass is 405 g/mol. The van der Waals surface area contributed by atoms with Crippen LogP contribution in [0.25, 0.3) is 10.9 Å². The summed E-state index contributed by atoms with van der Waals surface area (Å²) >= 11 is 0. The molecule has 0 aliphatic heterocycles. The number of H-pyrrole nitrogens is 1. The van der Waals surface area contributed by atoms with E-state index >= 15 is 0 Å². The number of carbonyl (C=O) groups excluding carboxylic acids is 2. The fourth-order valence-corrected chi connectivity index (χ4v) is 2.58. The lowest BCUT2D eigenvalue weighted by Gasteiger charge is -2.10. The van der Waals surface area contributed by atoms with Gasteiger partial charge in [-0.05, 0) is 42.5 Å². The van der Waals surface area contributed by atoms with Crippen molar-refractivity contribution in [2.75, 3.05) is 17.7 Å². The first kappa shape index (κ1) is 19.9. The first-order valence-electron chi connectivity index (χ1n) is 8.18. The van der Waals surface area contributed by atoms with Gasteiger partial charge in [0, 0.05) is 22.8 Å². The molecule has 0 aliphatic carbocycles. The molecule has 3 N–H and O–H groups in total. The normalized spacial score (nSPS) is 11.2. The molecule has 0 atom stereocenters. The number of ether oxygens (including phenoxy) is 1. The van der Waals surface area contributed by atoms with Crippen LogP contribution in [0.1, 0.15) is 16.1 Å². The quantitative estimate of drug-likeness (QED) is 0.574. The number of urea groups is 1. The molecule has 0 bridgehead atoms. The summed E-state index contributed by atoms with van der Waals surface area (Å²) in [6.07, 6.45) is -4.47. The molecule has 0 radical (unpaired) electrons. The number of hydrogen-bond donors (Lipinski definition) is 3. The lowest BCUT2D eigenvalue weighted by molar-refractivity contribution is -0.137. The lowest BCUT2D eigenvalue weighted by atomic mass is 10.1. The van der Waals surface area contributed by atoms with E-state index in [2.05, 4.69) is 20.4 Å². The predicted octanol–water partition coefficient (Wildman–Crippen LogP) is 3.98. The van der Waals surface area contributed by atoms with E-state index in [1.165, 1.54) is 25.3 Å². The van der Waals surface area contributed by atoms with Crippen molar-refractivity contribution >= 4 is 34.3 Å².